The van der Waals surface area contributed by atoms with Crippen LogP contribution in [0.5, 0.6) is 5.75 Å². The number of pyridine rings is 1. The summed E-state index contributed by atoms with van der Waals surface area (Å²) in [5, 5.41) is 14.0. The lowest BCUT2D eigenvalue weighted by Gasteiger charge is -2.05. The molecule has 2 aromatic heterocycles. The van der Waals surface area contributed by atoms with Crippen molar-refractivity contribution in [3.05, 3.63) is 64.4 Å². The maximum absolute atomic E-state index is 5.88. The monoisotopic (exact) mass is 346 g/mol. The Morgan fingerprint density at radius 3 is 2.78 bits per heavy atom. The largest absolute Gasteiger partial charge is 0.490 e. The van der Waals surface area contributed by atoms with Gasteiger partial charge in [0.2, 0.25) is 5.13 Å². The molecule has 1 aromatic carbocycles. The zero-order valence-corrected chi connectivity index (χ0v) is 13.8. The molecule has 0 aliphatic heterocycles. The Balaban J connectivity index is 1.45. The third-order valence-electron chi connectivity index (χ3n) is 3.02. The molecule has 5 nitrogen and oxygen atoms in total. The fraction of sp³-hybridized carbons (Fsp3) is 0.188. The van der Waals surface area contributed by atoms with Gasteiger partial charge >= 0.3 is 0 Å². The van der Waals surface area contributed by atoms with Crippen molar-refractivity contribution in [2.24, 2.45) is 0 Å². The number of anilines is 1. The van der Waals surface area contributed by atoms with Gasteiger partial charge in [-0.2, -0.15) is 0 Å². The lowest BCUT2D eigenvalue weighted by Crippen LogP contribution is -2.11. The first-order chi connectivity index (χ1) is 11.3. The van der Waals surface area contributed by atoms with Gasteiger partial charge in [-0.3, -0.25) is 4.98 Å². The summed E-state index contributed by atoms with van der Waals surface area (Å²) in [7, 11) is 0. The minimum absolute atomic E-state index is 0.539. The van der Waals surface area contributed by atoms with Gasteiger partial charge in [0.25, 0.3) is 0 Å². The SMILES string of the molecule is Clc1ccc(Cc2nnc(NCCOc3cccnc3)s2)cc1. The van der Waals surface area contributed by atoms with Crippen LogP contribution in [-0.2, 0) is 6.42 Å². The number of benzene rings is 1. The Kier molecular flexibility index (Phi) is 5.39. The molecule has 0 unspecified atom stereocenters. The van der Waals surface area contributed by atoms with E-state index in [0.717, 1.165) is 32.9 Å². The molecule has 0 fully saturated rings. The van der Waals surface area contributed by atoms with Crippen LogP contribution in [0.15, 0.2) is 48.8 Å². The number of hydrogen-bond donors (Lipinski definition) is 1. The standard InChI is InChI=1S/C16H15ClN4OS/c17-13-5-3-12(4-6-13)10-15-20-21-16(23-15)19-8-9-22-14-2-1-7-18-11-14/h1-7,11H,8-10H2,(H,19,21). The van der Waals surface area contributed by atoms with Crippen LogP contribution in [0.1, 0.15) is 10.6 Å². The molecule has 3 rings (SSSR count). The first-order valence-electron chi connectivity index (χ1n) is 7.13. The zero-order valence-electron chi connectivity index (χ0n) is 12.3. The van der Waals surface area contributed by atoms with Crippen molar-refractivity contribution in [3.63, 3.8) is 0 Å². The van der Waals surface area contributed by atoms with Crippen LogP contribution in [0.25, 0.3) is 0 Å². The van der Waals surface area contributed by atoms with E-state index < -0.39 is 0 Å². The zero-order chi connectivity index (χ0) is 15.9. The van der Waals surface area contributed by atoms with Crippen LogP contribution < -0.4 is 10.1 Å². The molecule has 0 saturated carbocycles. The fourth-order valence-corrected chi connectivity index (χ4v) is 2.86. The van der Waals surface area contributed by atoms with Gasteiger partial charge in [0, 0.05) is 17.6 Å². The topological polar surface area (TPSA) is 59.9 Å². The van der Waals surface area contributed by atoms with Crippen molar-refractivity contribution >= 4 is 28.1 Å². The Labute approximate surface area is 143 Å². The first-order valence-corrected chi connectivity index (χ1v) is 8.32. The average Bonchev–Trinajstić information content (AvgIpc) is 3.02. The van der Waals surface area contributed by atoms with E-state index in [-0.39, 0.29) is 0 Å². The second-order valence-electron chi connectivity index (χ2n) is 4.77. The van der Waals surface area contributed by atoms with Crippen LogP contribution in [0.4, 0.5) is 5.13 Å². The van der Waals surface area contributed by atoms with Gasteiger partial charge in [-0.15, -0.1) is 10.2 Å². The van der Waals surface area contributed by atoms with Crippen LogP contribution >= 0.6 is 22.9 Å². The molecule has 2 heterocycles. The highest BCUT2D eigenvalue weighted by Gasteiger charge is 2.05. The number of aromatic nitrogens is 3. The molecule has 0 aliphatic carbocycles. The van der Waals surface area contributed by atoms with E-state index in [9.17, 15) is 0 Å². The predicted octanol–water partition coefficient (Wildman–Crippen LogP) is 3.67. The molecule has 1 N–H and O–H groups in total. The molecule has 0 saturated heterocycles. The van der Waals surface area contributed by atoms with E-state index in [1.165, 1.54) is 0 Å². The molecular weight excluding hydrogens is 332 g/mol. The molecule has 0 amide bonds. The molecule has 3 aromatic rings. The minimum Gasteiger partial charge on any atom is -0.490 e. The van der Waals surface area contributed by atoms with Crippen molar-refractivity contribution < 1.29 is 4.74 Å². The summed E-state index contributed by atoms with van der Waals surface area (Å²) in [5.74, 6) is 0.759. The fourth-order valence-electron chi connectivity index (χ4n) is 1.93. The van der Waals surface area contributed by atoms with Gasteiger partial charge in [-0.1, -0.05) is 35.1 Å². The highest BCUT2D eigenvalue weighted by Crippen LogP contribution is 2.19. The van der Waals surface area contributed by atoms with E-state index in [4.69, 9.17) is 16.3 Å². The number of halogens is 1. The third-order valence-corrected chi connectivity index (χ3v) is 4.15. The number of nitrogens with zero attached hydrogens (tertiary/aromatic N) is 3. The summed E-state index contributed by atoms with van der Waals surface area (Å²) in [6.07, 6.45) is 4.16. The van der Waals surface area contributed by atoms with Gasteiger partial charge in [-0.25, -0.2) is 0 Å². The Bertz CT molecular complexity index is 733. The summed E-state index contributed by atoms with van der Waals surface area (Å²) >= 11 is 7.43. The third kappa shape index (κ3) is 4.91. The molecule has 0 aliphatic rings. The maximum Gasteiger partial charge on any atom is 0.205 e. The van der Waals surface area contributed by atoms with Crippen molar-refractivity contribution in [2.45, 2.75) is 6.42 Å². The first kappa shape index (κ1) is 15.7. The van der Waals surface area contributed by atoms with Crippen LogP contribution in [-0.4, -0.2) is 28.3 Å². The van der Waals surface area contributed by atoms with E-state index in [1.54, 1.807) is 23.7 Å². The van der Waals surface area contributed by atoms with Crippen LogP contribution in [0, 0.1) is 0 Å². The van der Waals surface area contributed by atoms with Crippen LogP contribution in [0.3, 0.4) is 0 Å². The van der Waals surface area contributed by atoms with Gasteiger partial charge in [0.15, 0.2) is 0 Å². The van der Waals surface area contributed by atoms with Crippen molar-refractivity contribution in [2.75, 3.05) is 18.5 Å². The van der Waals surface area contributed by atoms with Gasteiger partial charge in [-0.05, 0) is 29.8 Å². The van der Waals surface area contributed by atoms with Crippen molar-refractivity contribution in [3.8, 4) is 5.75 Å². The number of nitrogens with one attached hydrogen (secondary N) is 1. The van der Waals surface area contributed by atoms with Gasteiger partial charge in [0.1, 0.15) is 17.4 Å². The molecular formula is C16H15ClN4OS. The lowest BCUT2D eigenvalue weighted by molar-refractivity contribution is 0.331. The smallest absolute Gasteiger partial charge is 0.205 e. The summed E-state index contributed by atoms with van der Waals surface area (Å²) in [4.78, 5) is 4.00. The van der Waals surface area contributed by atoms with E-state index in [0.29, 0.717) is 13.2 Å². The van der Waals surface area contributed by atoms with Gasteiger partial charge in [0.05, 0.1) is 12.7 Å². The van der Waals surface area contributed by atoms with E-state index in [1.807, 2.05) is 36.4 Å². The Morgan fingerprint density at radius 2 is 2.00 bits per heavy atom. The second-order valence-corrected chi connectivity index (χ2v) is 6.27. The lowest BCUT2D eigenvalue weighted by atomic mass is 10.2. The Hall–Kier alpha value is -2.18. The second kappa shape index (κ2) is 7.89. The summed E-state index contributed by atoms with van der Waals surface area (Å²) in [6.45, 7) is 1.20. The van der Waals surface area contributed by atoms with Crippen molar-refractivity contribution in [1.29, 1.82) is 0 Å². The predicted molar refractivity (Wildman–Crippen MR) is 92.4 cm³/mol. The van der Waals surface area contributed by atoms with Gasteiger partial charge < -0.3 is 10.1 Å². The number of rotatable bonds is 7. The maximum atomic E-state index is 5.88. The molecule has 0 atom stereocenters. The van der Waals surface area contributed by atoms with Crippen molar-refractivity contribution in [1.82, 2.24) is 15.2 Å². The average molecular weight is 347 g/mol. The highest BCUT2D eigenvalue weighted by atomic mass is 35.5. The molecule has 118 valence electrons. The molecule has 0 spiro atoms. The molecule has 23 heavy (non-hydrogen) atoms. The van der Waals surface area contributed by atoms with E-state index >= 15 is 0 Å². The summed E-state index contributed by atoms with van der Waals surface area (Å²) in [6, 6.07) is 11.5. The quantitative estimate of drug-likeness (QED) is 0.661. The van der Waals surface area contributed by atoms with Crippen LogP contribution in [0.2, 0.25) is 5.02 Å². The summed E-state index contributed by atoms with van der Waals surface area (Å²) < 4.78 is 5.56. The summed E-state index contributed by atoms with van der Waals surface area (Å²) in [5.41, 5.74) is 1.16. The molecule has 7 heteroatoms. The molecule has 0 bridgehead atoms. The Morgan fingerprint density at radius 1 is 1.13 bits per heavy atom. The van der Waals surface area contributed by atoms with E-state index in [2.05, 4.69) is 20.5 Å². The highest BCUT2D eigenvalue weighted by molar-refractivity contribution is 7.15. The normalized spacial score (nSPS) is 10.5. The minimum atomic E-state index is 0.539. The number of ether oxygens (including phenoxy) is 1. The molecule has 0 radical (unpaired) electrons. The number of hydrogen-bond acceptors (Lipinski definition) is 6.